The number of aryl methyl sites for hydroxylation is 2. The zero-order valence-electron chi connectivity index (χ0n) is 11.1. The maximum atomic E-state index is 10.1. The Morgan fingerprint density at radius 2 is 2.21 bits per heavy atom. The summed E-state index contributed by atoms with van der Waals surface area (Å²) in [5.74, 6) is 1.69. The SMILES string of the molecule is Cc1ccoc1C(O)CCc1ccc2c(c1)CCO2. The molecule has 1 aliphatic heterocycles. The van der Waals surface area contributed by atoms with E-state index in [9.17, 15) is 5.11 Å². The fourth-order valence-corrected chi connectivity index (χ4v) is 2.56. The van der Waals surface area contributed by atoms with E-state index in [0.29, 0.717) is 12.2 Å². The van der Waals surface area contributed by atoms with Crippen molar-refractivity contribution in [2.45, 2.75) is 32.3 Å². The first kappa shape index (κ1) is 12.3. The highest BCUT2D eigenvalue weighted by atomic mass is 16.5. The molecular weight excluding hydrogens is 240 g/mol. The van der Waals surface area contributed by atoms with Crippen molar-refractivity contribution < 1.29 is 14.3 Å². The maximum absolute atomic E-state index is 10.1. The van der Waals surface area contributed by atoms with Crippen molar-refractivity contribution in [2.24, 2.45) is 0 Å². The first-order valence-corrected chi connectivity index (χ1v) is 6.70. The van der Waals surface area contributed by atoms with Crippen LogP contribution in [0.5, 0.6) is 5.75 Å². The van der Waals surface area contributed by atoms with Gasteiger partial charge in [0, 0.05) is 6.42 Å². The molecule has 3 heteroatoms. The Hall–Kier alpha value is -1.74. The number of hydrogen-bond acceptors (Lipinski definition) is 3. The van der Waals surface area contributed by atoms with Gasteiger partial charge >= 0.3 is 0 Å². The Balaban J connectivity index is 1.65. The molecule has 0 bridgehead atoms. The Morgan fingerprint density at radius 3 is 3.00 bits per heavy atom. The molecule has 1 aromatic heterocycles. The Morgan fingerprint density at radius 1 is 1.32 bits per heavy atom. The second-order valence-corrected chi connectivity index (χ2v) is 5.06. The molecule has 0 radical (unpaired) electrons. The van der Waals surface area contributed by atoms with Crippen LogP contribution in [0.1, 0.15) is 35.0 Å². The smallest absolute Gasteiger partial charge is 0.135 e. The van der Waals surface area contributed by atoms with Gasteiger partial charge in [-0.15, -0.1) is 0 Å². The number of hydrogen-bond donors (Lipinski definition) is 1. The molecule has 1 aromatic carbocycles. The molecule has 0 fully saturated rings. The van der Waals surface area contributed by atoms with Crippen molar-refractivity contribution in [3.05, 3.63) is 53.0 Å². The summed E-state index contributed by atoms with van der Waals surface area (Å²) in [7, 11) is 0. The molecule has 3 rings (SSSR count). The summed E-state index contributed by atoms with van der Waals surface area (Å²) in [6.07, 6.45) is 3.60. The zero-order valence-corrected chi connectivity index (χ0v) is 11.1. The first-order chi connectivity index (χ1) is 9.24. The summed E-state index contributed by atoms with van der Waals surface area (Å²) in [6, 6.07) is 8.17. The number of ether oxygens (including phenoxy) is 1. The molecule has 2 aromatic rings. The van der Waals surface area contributed by atoms with Crippen molar-refractivity contribution in [3.63, 3.8) is 0 Å². The van der Waals surface area contributed by atoms with E-state index in [2.05, 4.69) is 12.1 Å². The number of rotatable bonds is 4. The summed E-state index contributed by atoms with van der Waals surface area (Å²) in [6.45, 7) is 2.74. The fourth-order valence-electron chi connectivity index (χ4n) is 2.56. The van der Waals surface area contributed by atoms with Gasteiger partial charge in [-0.3, -0.25) is 0 Å². The van der Waals surface area contributed by atoms with Crippen LogP contribution in [-0.2, 0) is 12.8 Å². The van der Waals surface area contributed by atoms with Crippen LogP contribution in [0.2, 0.25) is 0 Å². The number of fused-ring (bicyclic) bond motifs is 1. The molecular formula is C16H18O3. The minimum absolute atomic E-state index is 0.528. The molecule has 3 nitrogen and oxygen atoms in total. The standard InChI is InChI=1S/C16H18O3/c1-11-6-8-19-16(11)14(17)4-2-12-3-5-15-13(10-12)7-9-18-15/h3,5-6,8,10,14,17H,2,4,7,9H2,1H3. The highest BCUT2D eigenvalue weighted by Gasteiger charge is 2.15. The van der Waals surface area contributed by atoms with Gasteiger partial charge in [0.05, 0.1) is 12.9 Å². The van der Waals surface area contributed by atoms with Crippen LogP contribution in [0.4, 0.5) is 0 Å². The topological polar surface area (TPSA) is 42.6 Å². The van der Waals surface area contributed by atoms with Crippen molar-refractivity contribution in [1.29, 1.82) is 0 Å². The van der Waals surface area contributed by atoms with E-state index in [1.54, 1.807) is 6.26 Å². The molecule has 0 saturated heterocycles. The predicted octanol–water partition coefficient (Wildman–Crippen LogP) is 3.19. The molecule has 0 saturated carbocycles. The van der Waals surface area contributed by atoms with E-state index in [1.165, 1.54) is 11.1 Å². The second-order valence-electron chi connectivity index (χ2n) is 5.06. The predicted molar refractivity (Wildman–Crippen MR) is 72.4 cm³/mol. The first-order valence-electron chi connectivity index (χ1n) is 6.70. The average Bonchev–Trinajstić information content (AvgIpc) is 3.03. The normalized spacial score (nSPS) is 15.1. The van der Waals surface area contributed by atoms with Crippen molar-refractivity contribution >= 4 is 0 Å². The lowest BCUT2D eigenvalue weighted by Gasteiger charge is -2.09. The van der Waals surface area contributed by atoms with Gasteiger partial charge in [-0.05, 0) is 48.6 Å². The quantitative estimate of drug-likeness (QED) is 0.915. The van der Waals surface area contributed by atoms with Gasteiger partial charge in [0.2, 0.25) is 0 Å². The highest BCUT2D eigenvalue weighted by molar-refractivity contribution is 5.39. The zero-order chi connectivity index (χ0) is 13.2. The van der Waals surface area contributed by atoms with Gasteiger partial charge in [0.25, 0.3) is 0 Å². The number of benzene rings is 1. The Kier molecular flexibility index (Phi) is 3.30. The second kappa shape index (κ2) is 5.10. The Labute approximate surface area is 112 Å². The summed E-state index contributed by atoms with van der Waals surface area (Å²) < 4.78 is 10.8. The maximum Gasteiger partial charge on any atom is 0.135 e. The van der Waals surface area contributed by atoms with E-state index in [1.807, 2.05) is 19.1 Å². The van der Waals surface area contributed by atoms with E-state index >= 15 is 0 Å². The van der Waals surface area contributed by atoms with E-state index < -0.39 is 6.10 Å². The van der Waals surface area contributed by atoms with Crippen LogP contribution in [0.25, 0.3) is 0 Å². The lowest BCUT2D eigenvalue weighted by Crippen LogP contribution is -2.00. The third-order valence-corrected chi connectivity index (χ3v) is 3.66. The number of aliphatic hydroxyl groups excluding tert-OH is 1. The van der Waals surface area contributed by atoms with Gasteiger partial charge < -0.3 is 14.3 Å². The molecule has 1 unspecified atom stereocenters. The summed E-state index contributed by atoms with van der Waals surface area (Å²) in [5.41, 5.74) is 3.53. The van der Waals surface area contributed by atoms with Crippen molar-refractivity contribution in [1.82, 2.24) is 0 Å². The van der Waals surface area contributed by atoms with Crippen LogP contribution in [0.15, 0.2) is 34.9 Å². The molecule has 0 spiro atoms. The van der Waals surface area contributed by atoms with Crippen LogP contribution in [-0.4, -0.2) is 11.7 Å². The van der Waals surface area contributed by atoms with Crippen LogP contribution >= 0.6 is 0 Å². The highest BCUT2D eigenvalue weighted by Crippen LogP contribution is 2.28. The largest absolute Gasteiger partial charge is 0.493 e. The minimum atomic E-state index is -0.528. The van der Waals surface area contributed by atoms with E-state index in [0.717, 1.165) is 30.8 Å². The van der Waals surface area contributed by atoms with Crippen LogP contribution < -0.4 is 4.74 Å². The third-order valence-electron chi connectivity index (χ3n) is 3.66. The van der Waals surface area contributed by atoms with Crippen LogP contribution in [0.3, 0.4) is 0 Å². The van der Waals surface area contributed by atoms with E-state index in [4.69, 9.17) is 9.15 Å². The lowest BCUT2D eigenvalue weighted by atomic mass is 10.0. The molecule has 100 valence electrons. The average molecular weight is 258 g/mol. The number of aliphatic hydroxyl groups is 1. The summed E-state index contributed by atoms with van der Waals surface area (Å²) >= 11 is 0. The minimum Gasteiger partial charge on any atom is -0.493 e. The van der Waals surface area contributed by atoms with Gasteiger partial charge in [0.15, 0.2) is 0 Å². The summed E-state index contributed by atoms with van der Waals surface area (Å²) in [4.78, 5) is 0. The number of furan rings is 1. The molecule has 1 N–H and O–H groups in total. The molecule has 1 aliphatic rings. The molecule has 0 aliphatic carbocycles. The van der Waals surface area contributed by atoms with E-state index in [-0.39, 0.29) is 0 Å². The fraction of sp³-hybridized carbons (Fsp3) is 0.375. The van der Waals surface area contributed by atoms with Crippen molar-refractivity contribution in [3.8, 4) is 5.75 Å². The molecule has 0 amide bonds. The van der Waals surface area contributed by atoms with Crippen LogP contribution in [0, 0.1) is 6.92 Å². The van der Waals surface area contributed by atoms with Gasteiger partial charge in [0.1, 0.15) is 17.6 Å². The summed E-state index contributed by atoms with van der Waals surface area (Å²) in [5, 5.41) is 10.1. The monoisotopic (exact) mass is 258 g/mol. The van der Waals surface area contributed by atoms with Crippen molar-refractivity contribution in [2.75, 3.05) is 6.61 Å². The Bertz CT molecular complexity index is 571. The molecule has 2 heterocycles. The van der Waals surface area contributed by atoms with Gasteiger partial charge in [-0.2, -0.15) is 0 Å². The lowest BCUT2D eigenvalue weighted by molar-refractivity contribution is 0.139. The van der Waals surface area contributed by atoms with Gasteiger partial charge in [-0.25, -0.2) is 0 Å². The molecule has 1 atom stereocenters. The van der Waals surface area contributed by atoms with Gasteiger partial charge in [-0.1, -0.05) is 12.1 Å². The third kappa shape index (κ3) is 2.51. The molecule has 19 heavy (non-hydrogen) atoms.